The normalized spacial score (nSPS) is 20.7. The van der Waals surface area contributed by atoms with Crippen LogP contribution in [0.15, 0.2) is 0 Å². The van der Waals surface area contributed by atoms with Gasteiger partial charge in [0.25, 0.3) is 0 Å². The van der Waals surface area contributed by atoms with Crippen molar-refractivity contribution in [2.75, 3.05) is 13.1 Å². The van der Waals surface area contributed by atoms with Crippen LogP contribution in [0.4, 0.5) is 0 Å². The quantitative estimate of drug-likeness (QED) is 0.821. The molecule has 6 nitrogen and oxygen atoms in total. The van der Waals surface area contributed by atoms with Crippen molar-refractivity contribution in [3.63, 3.8) is 0 Å². The first-order valence-corrected chi connectivity index (χ1v) is 11.3. The van der Waals surface area contributed by atoms with Crippen molar-refractivity contribution >= 4 is 11.8 Å². The standard InChI is InChI=1S/C23H36N4O2/c1-15(2)24-21(28)13-20-16(3)25-22(26-17(20)4)19-11-8-12-27(14-19)23(29)18-9-6-5-7-10-18/h15,18-19H,5-14H2,1-4H3,(H,24,28)/t19-/m0/s1. The summed E-state index contributed by atoms with van der Waals surface area (Å²) in [6.07, 6.45) is 8.04. The zero-order valence-corrected chi connectivity index (χ0v) is 18.5. The molecule has 1 saturated carbocycles. The molecule has 1 aliphatic carbocycles. The van der Waals surface area contributed by atoms with E-state index >= 15 is 0 Å². The zero-order chi connectivity index (χ0) is 21.0. The summed E-state index contributed by atoms with van der Waals surface area (Å²) >= 11 is 0. The summed E-state index contributed by atoms with van der Waals surface area (Å²) in [4.78, 5) is 36.7. The zero-order valence-electron chi connectivity index (χ0n) is 18.5. The Labute approximate surface area is 174 Å². The lowest BCUT2D eigenvalue weighted by atomic mass is 9.87. The fourth-order valence-corrected chi connectivity index (χ4v) is 4.73. The molecule has 2 heterocycles. The van der Waals surface area contributed by atoms with Gasteiger partial charge in [0.1, 0.15) is 5.82 Å². The number of amides is 2. The Kier molecular flexibility index (Phi) is 7.25. The van der Waals surface area contributed by atoms with E-state index in [0.29, 0.717) is 12.3 Å². The van der Waals surface area contributed by atoms with E-state index in [1.165, 1.54) is 19.3 Å². The first-order valence-electron chi connectivity index (χ1n) is 11.3. The van der Waals surface area contributed by atoms with Gasteiger partial charge >= 0.3 is 0 Å². The predicted octanol–water partition coefficient (Wildman–Crippen LogP) is 3.45. The van der Waals surface area contributed by atoms with Crippen LogP contribution in [0.2, 0.25) is 0 Å². The van der Waals surface area contributed by atoms with Crippen molar-refractivity contribution in [2.24, 2.45) is 5.92 Å². The van der Waals surface area contributed by atoms with Gasteiger partial charge < -0.3 is 10.2 Å². The van der Waals surface area contributed by atoms with Gasteiger partial charge in [-0.25, -0.2) is 9.97 Å². The Morgan fingerprint density at radius 1 is 1.03 bits per heavy atom. The van der Waals surface area contributed by atoms with E-state index in [2.05, 4.69) is 10.2 Å². The molecule has 1 N–H and O–H groups in total. The number of likely N-dealkylation sites (tertiary alicyclic amines) is 1. The van der Waals surface area contributed by atoms with Crippen LogP contribution in [0.3, 0.4) is 0 Å². The number of hydrogen-bond acceptors (Lipinski definition) is 4. The molecule has 160 valence electrons. The van der Waals surface area contributed by atoms with Crippen LogP contribution in [0.1, 0.15) is 87.5 Å². The Morgan fingerprint density at radius 2 is 1.69 bits per heavy atom. The second kappa shape index (κ2) is 9.68. The fourth-order valence-electron chi connectivity index (χ4n) is 4.73. The molecule has 1 aromatic heterocycles. The van der Waals surface area contributed by atoms with Gasteiger partial charge in [0.05, 0.1) is 6.42 Å². The number of carbonyl (C=O) groups is 2. The third-order valence-electron chi connectivity index (χ3n) is 6.28. The van der Waals surface area contributed by atoms with Crippen LogP contribution in [0.25, 0.3) is 0 Å². The Balaban J connectivity index is 1.69. The molecule has 1 saturated heterocycles. The highest BCUT2D eigenvalue weighted by Gasteiger charge is 2.31. The van der Waals surface area contributed by atoms with Crippen LogP contribution in [-0.2, 0) is 16.0 Å². The molecule has 1 aromatic rings. The average Bonchev–Trinajstić information content (AvgIpc) is 2.70. The molecular formula is C23H36N4O2. The Hall–Kier alpha value is -1.98. The van der Waals surface area contributed by atoms with E-state index in [0.717, 1.165) is 61.5 Å². The summed E-state index contributed by atoms with van der Waals surface area (Å²) in [6.45, 7) is 9.42. The summed E-state index contributed by atoms with van der Waals surface area (Å²) in [7, 11) is 0. The van der Waals surface area contributed by atoms with Crippen molar-refractivity contribution < 1.29 is 9.59 Å². The molecule has 3 rings (SSSR count). The number of nitrogens with one attached hydrogen (secondary N) is 1. The molecule has 29 heavy (non-hydrogen) atoms. The molecule has 6 heteroatoms. The highest BCUT2D eigenvalue weighted by molar-refractivity contribution is 5.79. The number of rotatable bonds is 5. The van der Waals surface area contributed by atoms with Gasteiger partial charge in [0, 0.05) is 47.9 Å². The molecule has 0 aromatic carbocycles. The largest absolute Gasteiger partial charge is 0.354 e. The lowest BCUT2D eigenvalue weighted by Crippen LogP contribution is -2.43. The molecule has 0 radical (unpaired) electrons. The molecule has 2 aliphatic rings. The third kappa shape index (κ3) is 5.55. The molecule has 1 atom stereocenters. The summed E-state index contributed by atoms with van der Waals surface area (Å²) in [6, 6.07) is 0.123. The van der Waals surface area contributed by atoms with E-state index in [-0.39, 0.29) is 23.8 Å². The SMILES string of the molecule is Cc1nc([C@H]2CCCN(C(=O)C3CCCCC3)C2)nc(C)c1CC(=O)NC(C)C. The maximum Gasteiger partial charge on any atom is 0.225 e. The van der Waals surface area contributed by atoms with Gasteiger partial charge in [-0.2, -0.15) is 0 Å². The molecular weight excluding hydrogens is 364 g/mol. The summed E-state index contributed by atoms with van der Waals surface area (Å²) in [5, 5.41) is 2.93. The lowest BCUT2D eigenvalue weighted by molar-refractivity contribution is -0.137. The second-order valence-electron chi connectivity index (χ2n) is 9.09. The van der Waals surface area contributed by atoms with Crippen LogP contribution >= 0.6 is 0 Å². The van der Waals surface area contributed by atoms with E-state index in [1.807, 2.05) is 27.7 Å². The van der Waals surface area contributed by atoms with Gasteiger partial charge in [-0.3, -0.25) is 9.59 Å². The van der Waals surface area contributed by atoms with Gasteiger partial charge in [0.2, 0.25) is 11.8 Å². The number of piperidine rings is 1. The monoisotopic (exact) mass is 400 g/mol. The van der Waals surface area contributed by atoms with Crippen molar-refractivity contribution in [2.45, 2.75) is 91.0 Å². The van der Waals surface area contributed by atoms with E-state index in [1.54, 1.807) is 0 Å². The van der Waals surface area contributed by atoms with Crippen LogP contribution in [-0.4, -0.2) is 45.8 Å². The minimum atomic E-state index is 0.00414. The molecule has 2 amide bonds. The first-order chi connectivity index (χ1) is 13.8. The van der Waals surface area contributed by atoms with Crippen LogP contribution < -0.4 is 5.32 Å². The predicted molar refractivity (Wildman–Crippen MR) is 114 cm³/mol. The molecule has 0 bridgehead atoms. The van der Waals surface area contributed by atoms with Crippen molar-refractivity contribution in [3.05, 3.63) is 22.8 Å². The minimum Gasteiger partial charge on any atom is -0.354 e. The summed E-state index contributed by atoms with van der Waals surface area (Å²) < 4.78 is 0. The Bertz CT molecular complexity index is 717. The fraction of sp³-hybridized carbons (Fsp3) is 0.739. The number of aryl methyl sites for hydroxylation is 2. The van der Waals surface area contributed by atoms with Gasteiger partial charge in [-0.15, -0.1) is 0 Å². The smallest absolute Gasteiger partial charge is 0.225 e. The summed E-state index contributed by atoms with van der Waals surface area (Å²) in [5.41, 5.74) is 2.67. The molecule has 2 fully saturated rings. The third-order valence-corrected chi connectivity index (χ3v) is 6.28. The number of nitrogens with zero attached hydrogens (tertiary/aromatic N) is 3. The van der Waals surface area contributed by atoms with Crippen molar-refractivity contribution in [3.8, 4) is 0 Å². The number of carbonyl (C=O) groups excluding carboxylic acids is 2. The second-order valence-corrected chi connectivity index (χ2v) is 9.09. The highest BCUT2D eigenvalue weighted by atomic mass is 16.2. The number of hydrogen-bond donors (Lipinski definition) is 1. The first kappa shape index (κ1) is 21.7. The van der Waals surface area contributed by atoms with E-state index in [9.17, 15) is 9.59 Å². The number of aromatic nitrogens is 2. The minimum absolute atomic E-state index is 0.00414. The summed E-state index contributed by atoms with van der Waals surface area (Å²) in [5.74, 6) is 1.57. The maximum absolute atomic E-state index is 13.0. The van der Waals surface area contributed by atoms with E-state index < -0.39 is 0 Å². The molecule has 1 aliphatic heterocycles. The van der Waals surface area contributed by atoms with E-state index in [4.69, 9.17) is 9.97 Å². The topological polar surface area (TPSA) is 75.2 Å². The van der Waals surface area contributed by atoms with Gasteiger partial charge in [-0.1, -0.05) is 19.3 Å². The Morgan fingerprint density at radius 3 is 2.31 bits per heavy atom. The lowest BCUT2D eigenvalue weighted by Gasteiger charge is -2.35. The maximum atomic E-state index is 13.0. The van der Waals surface area contributed by atoms with Crippen LogP contribution in [0, 0.1) is 19.8 Å². The van der Waals surface area contributed by atoms with Crippen molar-refractivity contribution in [1.29, 1.82) is 0 Å². The highest BCUT2D eigenvalue weighted by Crippen LogP contribution is 2.30. The van der Waals surface area contributed by atoms with Crippen LogP contribution in [0.5, 0.6) is 0 Å². The van der Waals surface area contributed by atoms with Gasteiger partial charge in [-0.05, 0) is 53.4 Å². The van der Waals surface area contributed by atoms with Crippen molar-refractivity contribution in [1.82, 2.24) is 20.2 Å². The molecule has 0 unspecified atom stereocenters. The van der Waals surface area contributed by atoms with Gasteiger partial charge in [0.15, 0.2) is 0 Å². The molecule has 0 spiro atoms. The average molecular weight is 401 g/mol.